The van der Waals surface area contributed by atoms with Crippen LogP contribution in [0.3, 0.4) is 0 Å². The molecule has 0 aliphatic carbocycles. The van der Waals surface area contributed by atoms with Crippen LogP contribution in [0.4, 0.5) is 0 Å². The van der Waals surface area contributed by atoms with Gasteiger partial charge < -0.3 is 10.2 Å². The Hall–Kier alpha value is -2.69. The number of benzene rings is 1. The van der Waals surface area contributed by atoms with Crippen LogP contribution in [-0.4, -0.2) is 41.3 Å². The third-order valence-corrected chi connectivity index (χ3v) is 4.18. The molecule has 3 rings (SSSR count). The van der Waals surface area contributed by atoms with Gasteiger partial charge in [-0.15, -0.1) is 0 Å². The van der Waals surface area contributed by atoms with Crippen molar-refractivity contribution in [3.8, 4) is 11.3 Å². The molecule has 24 heavy (non-hydrogen) atoms. The highest BCUT2D eigenvalue weighted by molar-refractivity contribution is 5.94. The first-order valence-corrected chi connectivity index (χ1v) is 8.31. The van der Waals surface area contributed by atoms with Crippen molar-refractivity contribution in [2.24, 2.45) is 0 Å². The van der Waals surface area contributed by atoms with E-state index in [4.69, 9.17) is 0 Å². The Morgan fingerprint density at radius 1 is 1.12 bits per heavy atom. The summed E-state index contributed by atoms with van der Waals surface area (Å²) in [4.78, 5) is 30.1. The van der Waals surface area contributed by atoms with E-state index in [1.807, 2.05) is 41.3 Å². The smallest absolute Gasteiger partial charge is 0.252 e. The number of pyridine rings is 1. The number of nitrogens with zero attached hydrogens (tertiary/aromatic N) is 2. The first-order chi connectivity index (χ1) is 11.7. The fourth-order valence-corrected chi connectivity index (χ4v) is 2.81. The zero-order valence-corrected chi connectivity index (χ0v) is 13.6. The van der Waals surface area contributed by atoms with Gasteiger partial charge in [-0.1, -0.05) is 30.3 Å². The third kappa shape index (κ3) is 3.98. The van der Waals surface area contributed by atoms with E-state index in [2.05, 4.69) is 10.3 Å². The van der Waals surface area contributed by atoms with Crippen molar-refractivity contribution >= 4 is 11.8 Å². The van der Waals surface area contributed by atoms with Crippen molar-refractivity contribution in [1.29, 1.82) is 0 Å². The number of hydrogen-bond acceptors (Lipinski definition) is 3. The van der Waals surface area contributed by atoms with Crippen LogP contribution in [0, 0.1) is 0 Å². The summed E-state index contributed by atoms with van der Waals surface area (Å²) in [6.45, 7) is 1.83. The number of likely N-dealkylation sites (tertiary alicyclic amines) is 1. The van der Waals surface area contributed by atoms with Crippen LogP contribution >= 0.6 is 0 Å². The number of aromatic nitrogens is 1. The molecule has 1 fully saturated rings. The number of piperidine rings is 1. The third-order valence-electron chi connectivity index (χ3n) is 4.18. The second kappa shape index (κ2) is 7.73. The summed E-state index contributed by atoms with van der Waals surface area (Å²) in [5.41, 5.74) is 2.39. The Balaban J connectivity index is 1.53. The van der Waals surface area contributed by atoms with Crippen LogP contribution in [0.1, 0.15) is 29.6 Å². The first kappa shape index (κ1) is 16.2. The minimum absolute atomic E-state index is 0.161. The quantitative estimate of drug-likeness (QED) is 0.919. The lowest BCUT2D eigenvalue weighted by atomic mass is 10.1. The molecule has 2 aromatic rings. The van der Waals surface area contributed by atoms with Gasteiger partial charge in [0, 0.05) is 37.8 Å². The molecule has 1 saturated heterocycles. The van der Waals surface area contributed by atoms with Crippen molar-refractivity contribution in [3.05, 3.63) is 54.2 Å². The van der Waals surface area contributed by atoms with Crippen LogP contribution < -0.4 is 5.32 Å². The molecule has 0 spiro atoms. The summed E-state index contributed by atoms with van der Waals surface area (Å²) in [6.07, 6.45) is 4.23. The molecule has 124 valence electrons. The van der Waals surface area contributed by atoms with Crippen LogP contribution in [0.15, 0.2) is 48.7 Å². The van der Waals surface area contributed by atoms with Crippen molar-refractivity contribution in [2.45, 2.75) is 19.3 Å². The average molecular weight is 323 g/mol. The van der Waals surface area contributed by atoms with E-state index in [1.165, 1.54) is 0 Å². The summed E-state index contributed by atoms with van der Waals surface area (Å²) in [5.74, 6) is 0.0240. The zero-order valence-electron chi connectivity index (χ0n) is 13.6. The van der Waals surface area contributed by atoms with E-state index in [-0.39, 0.29) is 11.8 Å². The monoisotopic (exact) mass is 323 g/mol. The summed E-state index contributed by atoms with van der Waals surface area (Å²) >= 11 is 0. The number of amides is 2. The molecule has 0 bridgehead atoms. The number of carbonyl (C=O) groups excluding carboxylic acids is 2. The van der Waals surface area contributed by atoms with Gasteiger partial charge in [0.25, 0.3) is 5.91 Å². The fourth-order valence-electron chi connectivity index (χ4n) is 2.81. The van der Waals surface area contributed by atoms with Gasteiger partial charge in [-0.3, -0.25) is 14.6 Å². The molecule has 1 aliphatic rings. The zero-order chi connectivity index (χ0) is 16.8. The van der Waals surface area contributed by atoms with Gasteiger partial charge in [-0.2, -0.15) is 0 Å². The number of carbonyl (C=O) groups is 2. The SMILES string of the molecule is O=C(NCCN1CCCCC1=O)c1ccc(-c2ccccc2)nc1. The highest BCUT2D eigenvalue weighted by Gasteiger charge is 2.17. The normalized spacial score (nSPS) is 14.5. The molecular formula is C19H21N3O2. The Morgan fingerprint density at radius 2 is 1.96 bits per heavy atom. The largest absolute Gasteiger partial charge is 0.350 e. The summed E-state index contributed by atoms with van der Waals surface area (Å²) in [7, 11) is 0. The molecule has 0 unspecified atom stereocenters. The lowest BCUT2D eigenvalue weighted by molar-refractivity contribution is -0.133. The maximum absolute atomic E-state index is 12.2. The van der Waals surface area contributed by atoms with E-state index in [0.29, 0.717) is 25.1 Å². The van der Waals surface area contributed by atoms with Gasteiger partial charge in [0.15, 0.2) is 0 Å². The second-order valence-corrected chi connectivity index (χ2v) is 5.89. The van der Waals surface area contributed by atoms with Gasteiger partial charge in [-0.25, -0.2) is 0 Å². The van der Waals surface area contributed by atoms with Crippen molar-refractivity contribution in [2.75, 3.05) is 19.6 Å². The van der Waals surface area contributed by atoms with Crippen molar-refractivity contribution in [1.82, 2.24) is 15.2 Å². The molecule has 5 heteroatoms. The lowest BCUT2D eigenvalue weighted by Gasteiger charge is -2.26. The molecule has 2 amide bonds. The molecule has 1 aromatic carbocycles. The lowest BCUT2D eigenvalue weighted by Crippen LogP contribution is -2.41. The maximum Gasteiger partial charge on any atom is 0.252 e. The van der Waals surface area contributed by atoms with Gasteiger partial charge in [-0.05, 0) is 25.0 Å². The predicted octanol–water partition coefficient (Wildman–Crippen LogP) is 2.49. The molecular weight excluding hydrogens is 302 g/mol. The van der Waals surface area contributed by atoms with Crippen LogP contribution in [0.2, 0.25) is 0 Å². The molecule has 5 nitrogen and oxygen atoms in total. The highest BCUT2D eigenvalue weighted by Crippen LogP contribution is 2.16. The Bertz CT molecular complexity index is 698. The number of rotatable bonds is 5. The summed E-state index contributed by atoms with van der Waals surface area (Å²) < 4.78 is 0. The molecule has 0 saturated carbocycles. The molecule has 1 N–H and O–H groups in total. The molecule has 1 aromatic heterocycles. The fraction of sp³-hybridized carbons (Fsp3) is 0.316. The number of hydrogen-bond donors (Lipinski definition) is 1. The Labute approximate surface area is 141 Å². The average Bonchev–Trinajstić information content (AvgIpc) is 2.64. The van der Waals surface area contributed by atoms with E-state index in [9.17, 15) is 9.59 Å². The van der Waals surface area contributed by atoms with E-state index >= 15 is 0 Å². The second-order valence-electron chi connectivity index (χ2n) is 5.89. The van der Waals surface area contributed by atoms with Crippen LogP contribution in [-0.2, 0) is 4.79 Å². The maximum atomic E-state index is 12.2. The molecule has 1 aliphatic heterocycles. The highest BCUT2D eigenvalue weighted by atomic mass is 16.2. The Kier molecular flexibility index (Phi) is 5.21. The minimum atomic E-state index is -0.161. The Morgan fingerprint density at radius 3 is 2.67 bits per heavy atom. The summed E-state index contributed by atoms with van der Waals surface area (Å²) in [5, 5.41) is 2.85. The van der Waals surface area contributed by atoms with E-state index < -0.39 is 0 Å². The van der Waals surface area contributed by atoms with Gasteiger partial charge in [0.05, 0.1) is 11.3 Å². The van der Waals surface area contributed by atoms with Gasteiger partial charge in [0.1, 0.15) is 0 Å². The van der Waals surface area contributed by atoms with Gasteiger partial charge in [0.2, 0.25) is 5.91 Å². The van der Waals surface area contributed by atoms with Crippen molar-refractivity contribution in [3.63, 3.8) is 0 Å². The number of nitrogens with one attached hydrogen (secondary N) is 1. The minimum Gasteiger partial charge on any atom is -0.350 e. The van der Waals surface area contributed by atoms with Crippen LogP contribution in [0.5, 0.6) is 0 Å². The first-order valence-electron chi connectivity index (χ1n) is 8.31. The van der Waals surface area contributed by atoms with Crippen LogP contribution in [0.25, 0.3) is 11.3 Å². The standard InChI is InChI=1S/C19H21N3O2/c23-18-8-4-5-12-22(18)13-11-20-19(24)16-9-10-17(21-14-16)15-6-2-1-3-7-15/h1-3,6-7,9-10,14H,4-5,8,11-13H2,(H,20,24). The van der Waals surface area contributed by atoms with Gasteiger partial charge >= 0.3 is 0 Å². The molecule has 0 radical (unpaired) electrons. The summed E-state index contributed by atoms with van der Waals surface area (Å²) in [6, 6.07) is 13.5. The molecule has 2 heterocycles. The topological polar surface area (TPSA) is 62.3 Å². The van der Waals surface area contributed by atoms with E-state index in [1.54, 1.807) is 12.3 Å². The van der Waals surface area contributed by atoms with Crippen molar-refractivity contribution < 1.29 is 9.59 Å². The van der Waals surface area contributed by atoms with E-state index in [0.717, 1.165) is 30.6 Å². The predicted molar refractivity (Wildman–Crippen MR) is 92.4 cm³/mol. The molecule has 0 atom stereocenters.